The van der Waals surface area contributed by atoms with Crippen LogP contribution in [0.25, 0.3) is 11.0 Å². The number of fused-ring (bicyclic) bond motifs is 1. The van der Waals surface area contributed by atoms with Crippen molar-refractivity contribution in [3.8, 4) is 11.5 Å². The number of nitrogens with one attached hydrogen (secondary N) is 1. The van der Waals surface area contributed by atoms with Gasteiger partial charge in [0.1, 0.15) is 5.82 Å². The summed E-state index contributed by atoms with van der Waals surface area (Å²) in [5.74, 6) is 2.52. The van der Waals surface area contributed by atoms with Crippen LogP contribution in [0.2, 0.25) is 5.02 Å². The predicted octanol–water partition coefficient (Wildman–Crippen LogP) is 6.58. The first-order valence-corrected chi connectivity index (χ1v) is 13.8. The minimum absolute atomic E-state index is 0.0245. The Balaban J connectivity index is 1.27. The molecule has 1 amide bonds. The van der Waals surface area contributed by atoms with Gasteiger partial charge in [-0.05, 0) is 67.1 Å². The van der Waals surface area contributed by atoms with E-state index in [1.165, 1.54) is 0 Å². The number of carbonyl (C=O) groups excluding carboxylic acids is 1. The smallest absolute Gasteiger partial charge is 0.224 e. The maximum atomic E-state index is 12.4. The number of benzene rings is 3. The number of amides is 1. The van der Waals surface area contributed by atoms with Gasteiger partial charge in [-0.1, -0.05) is 54.1 Å². The number of aryl methyl sites for hydroxylation is 2. The predicted molar refractivity (Wildman–Crippen MR) is 158 cm³/mol. The number of unbranched alkanes of at least 4 members (excludes halogenated alkanes) is 1. The number of carbonyl (C=O) groups is 1. The van der Waals surface area contributed by atoms with Gasteiger partial charge in [-0.2, -0.15) is 0 Å². The Morgan fingerprint density at radius 2 is 1.87 bits per heavy atom. The lowest BCUT2D eigenvalue weighted by Gasteiger charge is -2.13. The largest absolute Gasteiger partial charge is 0.493 e. The Morgan fingerprint density at radius 3 is 2.69 bits per heavy atom. The van der Waals surface area contributed by atoms with Crippen LogP contribution < -0.4 is 14.8 Å². The SMILES string of the molecule is C=CCc1ccc(OCCCCn2c(CCCNC(=O)Cc3ccccc3Cl)nc3ccccc32)c(OC)c1. The Labute approximate surface area is 235 Å². The number of aromatic nitrogens is 2. The molecule has 6 nitrogen and oxygen atoms in total. The molecular formula is C32H36ClN3O3. The van der Waals surface area contributed by atoms with Crippen LogP contribution in [-0.4, -0.2) is 35.7 Å². The summed E-state index contributed by atoms with van der Waals surface area (Å²) < 4.78 is 13.8. The number of hydrogen-bond donors (Lipinski definition) is 1. The minimum Gasteiger partial charge on any atom is -0.493 e. The van der Waals surface area contributed by atoms with Crippen molar-refractivity contribution in [2.75, 3.05) is 20.3 Å². The summed E-state index contributed by atoms with van der Waals surface area (Å²) in [7, 11) is 1.66. The first-order chi connectivity index (χ1) is 19.1. The molecule has 7 heteroatoms. The van der Waals surface area contributed by atoms with Crippen LogP contribution in [0.3, 0.4) is 0 Å². The van der Waals surface area contributed by atoms with Crippen molar-refractivity contribution < 1.29 is 14.3 Å². The van der Waals surface area contributed by atoms with E-state index < -0.39 is 0 Å². The molecule has 4 rings (SSSR count). The Hall–Kier alpha value is -3.77. The number of methoxy groups -OCH3 is 1. The number of rotatable bonds is 15. The minimum atomic E-state index is -0.0245. The highest BCUT2D eigenvalue weighted by Crippen LogP contribution is 2.28. The summed E-state index contributed by atoms with van der Waals surface area (Å²) in [4.78, 5) is 17.2. The number of hydrogen-bond acceptors (Lipinski definition) is 4. The topological polar surface area (TPSA) is 65.4 Å². The van der Waals surface area contributed by atoms with Gasteiger partial charge in [0.15, 0.2) is 11.5 Å². The average molecular weight is 546 g/mol. The highest BCUT2D eigenvalue weighted by atomic mass is 35.5. The van der Waals surface area contributed by atoms with Crippen LogP contribution >= 0.6 is 11.6 Å². The van der Waals surface area contributed by atoms with E-state index in [1.54, 1.807) is 13.2 Å². The van der Waals surface area contributed by atoms with Gasteiger partial charge in [-0.25, -0.2) is 4.98 Å². The fraction of sp³-hybridized carbons (Fsp3) is 0.312. The lowest BCUT2D eigenvalue weighted by molar-refractivity contribution is -0.120. The fourth-order valence-corrected chi connectivity index (χ4v) is 4.80. The molecule has 204 valence electrons. The van der Waals surface area contributed by atoms with Crippen molar-refractivity contribution in [2.24, 2.45) is 0 Å². The highest BCUT2D eigenvalue weighted by molar-refractivity contribution is 6.31. The molecule has 0 aliphatic heterocycles. The van der Waals surface area contributed by atoms with E-state index in [1.807, 2.05) is 60.7 Å². The standard InChI is InChI=1S/C32H36ClN3O3/c1-3-11-24-17-18-29(30(22-24)38-2)39-21-9-8-20-36-28-15-7-6-14-27(28)35-31(36)16-10-19-34-32(37)23-25-12-4-5-13-26(25)33/h3-7,12-15,17-18,22H,1,8-11,16,19-21,23H2,2H3,(H,34,37). The van der Waals surface area contributed by atoms with Gasteiger partial charge < -0.3 is 19.4 Å². The van der Waals surface area contributed by atoms with Crippen molar-refractivity contribution >= 4 is 28.5 Å². The average Bonchev–Trinajstić information content (AvgIpc) is 3.30. The number of halogens is 1. The molecule has 0 aliphatic rings. The van der Waals surface area contributed by atoms with Crippen molar-refractivity contribution in [1.82, 2.24) is 14.9 Å². The number of para-hydroxylation sites is 2. The molecule has 0 spiro atoms. The summed E-state index contributed by atoms with van der Waals surface area (Å²) in [5, 5.41) is 3.63. The number of allylic oxidation sites excluding steroid dienone is 1. The number of ether oxygens (including phenoxy) is 2. The summed E-state index contributed by atoms with van der Waals surface area (Å²) in [6.07, 6.45) is 6.41. The van der Waals surface area contributed by atoms with Crippen molar-refractivity contribution in [1.29, 1.82) is 0 Å². The van der Waals surface area contributed by atoms with E-state index in [0.717, 1.165) is 78.1 Å². The molecule has 0 bridgehead atoms. The molecule has 0 aliphatic carbocycles. The Kier molecular flexibility index (Phi) is 10.4. The maximum absolute atomic E-state index is 12.4. The molecule has 0 saturated carbocycles. The van der Waals surface area contributed by atoms with Crippen LogP contribution in [0, 0.1) is 0 Å². The van der Waals surface area contributed by atoms with E-state index in [0.29, 0.717) is 18.2 Å². The van der Waals surface area contributed by atoms with E-state index in [-0.39, 0.29) is 12.3 Å². The van der Waals surface area contributed by atoms with Crippen molar-refractivity contribution in [3.63, 3.8) is 0 Å². The molecule has 0 radical (unpaired) electrons. The van der Waals surface area contributed by atoms with Crippen LogP contribution in [0.15, 0.2) is 79.4 Å². The molecule has 0 atom stereocenters. The van der Waals surface area contributed by atoms with Crippen LogP contribution in [0.1, 0.15) is 36.2 Å². The van der Waals surface area contributed by atoms with E-state index in [9.17, 15) is 4.79 Å². The molecule has 4 aromatic rings. The number of imidazole rings is 1. The third-order valence-electron chi connectivity index (χ3n) is 6.58. The van der Waals surface area contributed by atoms with Crippen LogP contribution in [-0.2, 0) is 30.6 Å². The summed E-state index contributed by atoms with van der Waals surface area (Å²) in [6.45, 7) is 5.85. The number of nitrogens with zero attached hydrogens (tertiary/aromatic N) is 2. The van der Waals surface area contributed by atoms with E-state index in [4.69, 9.17) is 26.1 Å². The molecule has 0 fully saturated rings. The molecule has 1 heterocycles. The van der Waals surface area contributed by atoms with Gasteiger partial charge in [0.2, 0.25) is 5.91 Å². The van der Waals surface area contributed by atoms with Gasteiger partial charge in [-0.15, -0.1) is 6.58 Å². The zero-order valence-corrected chi connectivity index (χ0v) is 23.3. The molecule has 1 aromatic heterocycles. The third-order valence-corrected chi connectivity index (χ3v) is 6.95. The monoisotopic (exact) mass is 545 g/mol. The zero-order chi connectivity index (χ0) is 27.5. The van der Waals surface area contributed by atoms with Crippen molar-refractivity contribution in [2.45, 2.75) is 45.1 Å². The second-order valence-electron chi connectivity index (χ2n) is 9.42. The molecule has 0 saturated heterocycles. The van der Waals surface area contributed by atoms with Crippen LogP contribution in [0.4, 0.5) is 0 Å². The normalized spacial score (nSPS) is 10.9. The van der Waals surface area contributed by atoms with Gasteiger partial charge in [-0.3, -0.25) is 4.79 Å². The highest BCUT2D eigenvalue weighted by Gasteiger charge is 2.12. The fourth-order valence-electron chi connectivity index (χ4n) is 4.60. The van der Waals surface area contributed by atoms with Crippen LogP contribution in [0.5, 0.6) is 11.5 Å². The quantitative estimate of drug-likeness (QED) is 0.135. The van der Waals surface area contributed by atoms with Gasteiger partial charge in [0.25, 0.3) is 0 Å². The molecule has 3 aromatic carbocycles. The summed E-state index contributed by atoms with van der Waals surface area (Å²) in [6, 6.07) is 21.7. The van der Waals surface area contributed by atoms with Gasteiger partial charge in [0, 0.05) is 24.5 Å². The van der Waals surface area contributed by atoms with Crippen molar-refractivity contribution in [3.05, 3.63) is 101 Å². The summed E-state index contributed by atoms with van der Waals surface area (Å²) >= 11 is 6.18. The lowest BCUT2D eigenvalue weighted by atomic mass is 10.1. The van der Waals surface area contributed by atoms with E-state index in [2.05, 4.69) is 22.5 Å². The Morgan fingerprint density at radius 1 is 1.05 bits per heavy atom. The zero-order valence-electron chi connectivity index (χ0n) is 22.5. The third kappa shape index (κ3) is 7.87. The first-order valence-electron chi connectivity index (χ1n) is 13.4. The molecule has 1 N–H and O–H groups in total. The second kappa shape index (κ2) is 14.4. The maximum Gasteiger partial charge on any atom is 0.224 e. The van der Waals surface area contributed by atoms with E-state index >= 15 is 0 Å². The van der Waals surface area contributed by atoms with Gasteiger partial charge >= 0.3 is 0 Å². The lowest BCUT2D eigenvalue weighted by Crippen LogP contribution is -2.26. The molecule has 39 heavy (non-hydrogen) atoms. The summed E-state index contributed by atoms with van der Waals surface area (Å²) in [5.41, 5.74) is 4.12. The molecule has 0 unspecified atom stereocenters. The Bertz CT molecular complexity index is 1400. The second-order valence-corrected chi connectivity index (χ2v) is 9.83. The van der Waals surface area contributed by atoms with Gasteiger partial charge in [0.05, 0.1) is 31.2 Å². The molecular weight excluding hydrogens is 510 g/mol. The first kappa shape index (κ1) is 28.2.